The van der Waals surface area contributed by atoms with Crippen LogP contribution < -0.4 is 20.7 Å². The molecule has 20 heavy (non-hydrogen) atoms. The van der Waals surface area contributed by atoms with Gasteiger partial charge in [0.1, 0.15) is 0 Å². The minimum absolute atomic E-state index is 0.102. The van der Waals surface area contributed by atoms with E-state index in [2.05, 4.69) is 10.5 Å². The number of ether oxygens (including phenoxy) is 2. The molecule has 0 fully saturated rings. The van der Waals surface area contributed by atoms with E-state index in [4.69, 9.17) is 15.3 Å². The number of nitrogens with two attached hydrogens (primary N) is 1. The predicted octanol–water partition coefficient (Wildman–Crippen LogP) is 1.18. The molecule has 108 valence electrons. The van der Waals surface area contributed by atoms with Crippen LogP contribution in [0, 0.1) is 0 Å². The number of rotatable bonds is 6. The van der Waals surface area contributed by atoms with Gasteiger partial charge in [0.05, 0.1) is 26.0 Å². The molecule has 0 aliphatic carbocycles. The van der Waals surface area contributed by atoms with Gasteiger partial charge in [-0.15, -0.1) is 0 Å². The zero-order chi connectivity index (χ0) is 14.5. The Kier molecular flexibility index (Phi) is 4.60. The number of aryl methyl sites for hydroxylation is 1. The van der Waals surface area contributed by atoms with Crippen LogP contribution in [0.2, 0.25) is 0 Å². The van der Waals surface area contributed by atoms with Crippen LogP contribution in [-0.4, -0.2) is 24.0 Å². The molecule has 6 heteroatoms. The number of nitrogens with zero attached hydrogens (tertiary/aromatic N) is 2. The molecule has 2 rings (SSSR count). The number of aromatic nitrogens is 2. The molecule has 0 aliphatic heterocycles. The van der Waals surface area contributed by atoms with Crippen LogP contribution in [0.3, 0.4) is 0 Å². The minimum Gasteiger partial charge on any atom is -0.493 e. The Balaban J connectivity index is 2.31. The highest BCUT2D eigenvalue weighted by Gasteiger charge is 2.19. The van der Waals surface area contributed by atoms with E-state index in [1.807, 2.05) is 37.5 Å². The fraction of sp³-hybridized carbons (Fsp3) is 0.357. The third-order valence-electron chi connectivity index (χ3n) is 3.19. The molecular weight excluding hydrogens is 256 g/mol. The Morgan fingerprint density at radius 1 is 1.30 bits per heavy atom. The van der Waals surface area contributed by atoms with E-state index >= 15 is 0 Å². The van der Waals surface area contributed by atoms with E-state index in [-0.39, 0.29) is 6.04 Å². The summed E-state index contributed by atoms with van der Waals surface area (Å²) in [6.07, 6.45) is 2.58. The van der Waals surface area contributed by atoms with Gasteiger partial charge in [-0.3, -0.25) is 16.0 Å². The van der Waals surface area contributed by atoms with E-state index in [1.54, 1.807) is 18.9 Å². The average molecular weight is 276 g/mol. The van der Waals surface area contributed by atoms with Crippen molar-refractivity contribution in [3.8, 4) is 11.5 Å². The van der Waals surface area contributed by atoms with Crippen LogP contribution in [0.1, 0.15) is 17.3 Å². The Hall–Kier alpha value is -2.05. The zero-order valence-electron chi connectivity index (χ0n) is 12.0. The van der Waals surface area contributed by atoms with Crippen LogP contribution in [0.25, 0.3) is 0 Å². The molecule has 0 saturated carbocycles. The van der Waals surface area contributed by atoms with Gasteiger partial charge in [-0.05, 0) is 12.1 Å². The summed E-state index contributed by atoms with van der Waals surface area (Å²) in [5, 5.41) is 4.37. The summed E-state index contributed by atoms with van der Waals surface area (Å²) in [5.41, 5.74) is 4.72. The number of para-hydroxylation sites is 1. The Bertz CT molecular complexity index is 568. The summed E-state index contributed by atoms with van der Waals surface area (Å²) in [5.74, 6) is 7.07. The zero-order valence-corrected chi connectivity index (χ0v) is 12.0. The number of nitrogens with one attached hydrogen (secondary N) is 1. The molecule has 6 nitrogen and oxygen atoms in total. The largest absolute Gasteiger partial charge is 0.493 e. The van der Waals surface area contributed by atoms with Crippen molar-refractivity contribution >= 4 is 0 Å². The third kappa shape index (κ3) is 2.92. The van der Waals surface area contributed by atoms with Crippen LogP contribution in [0.4, 0.5) is 0 Å². The first-order chi connectivity index (χ1) is 9.69. The number of methoxy groups -OCH3 is 2. The van der Waals surface area contributed by atoms with Gasteiger partial charge in [-0.2, -0.15) is 5.10 Å². The number of hydrogen-bond acceptors (Lipinski definition) is 5. The van der Waals surface area contributed by atoms with Gasteiger partial charge in [0.25, 0.3) is 0 Å². The number of hydrazine groups is 1. The van der Waals surface area contributed by atoms with Crippen LogP contribution in [0.5, 0.6) is 11.5 Å². The van der Waals surface area contributed by atoms with Gasteiger partial charge >= 0.3 is 0 Å². The second-order valence-electron chi connectivity index (χ2n) is 4.49. The molecule has 0 amide bonds. The highest BCUT2D eigenvalue weighted by Crippen LogP contribution is 2.35. The Morgan fingerprint density at radius 3 is 2.65 bits per heavy atom. The molecule has 3 N–H and O–H groups in total. The van der Waals surface area contributed by atoms with Crippen molar-refractivity contribution in [3.63, 3.8) is 0 Å². The van der Waals surface area contributed by atoms with Gasteiger partial charge < -0.3 is 9.47 Å². The highest BCUT2D eigenvalue weighted by atomic mass is 16.5. The predicted molar refractivity (Wildman–Crippen MR) is 76.5 cm³/mol. The maximum absolute atomic E-state index is 5.69. The molecule has 1 unspecified atom stereocenters. The third-order valence-corrected chi connectivity index (χ3v) is 3.19. The van der Waals surface area contributed by atoms with Crippen molar-refractivity contribution in [2.75, 3.05) is 14.2 Å². The first-order valence-electron chi connectivity index (χ1n) is 6.35. The van der Waals surface area contributed by atoms with Gasteiger partial charge in [-0.25, -0.2) is 0 Å². The van der Waals surface area contributed by atoms with E-state index in [9.17, 15) is 0 Å². The lowest BCUT2D eigenvalue weighted by atomic mass is 10.0. The SMILES string of the molecule is COc1cccc(C(Cc2ccn(C)n2)NN)c1OC. The summed E-state index contributed by atoms with van der Waals surface area (Å²) < 4.78 is 12.5. The van der Waals surface area contributed by atoms with E-state index in [1.165, 1.54) is 0 Å². The van der Waals surface area contributed by atoms with E-state index in [0.717, 1.165) is 11.3 Å². The molecule has 1 heterocycles. The summed E-state index contributed by atoms with van der Waals surface area (Å²) in [7, 11) is 5.13. The van der Waals surface area contributed by atoms with Gasteiger partial charge in [0, 0.05) is 25.2 Å². The molecule has 1 aromatic heterocycles. The molecular formula is C14H20N4O2. The van der Waals surface area contributed by atoms with Gasteiger partial charge in [-0.1, -0.05) is 12.1 Å². The van der Waals surface area contributed by atoms with Crippen molar-refractivity contribution in [1.29, 1.82) is 0 Å². The normalized spacial score (nSPS) is 12.2. The van der Waals surface area contributed by atoms with Crippen LogP contribution in [-0.2, 0) is 13.5 Å². The van der Waals surface area contributed by atoms with E-state index in [0.29, 0.717) is 17.9 Å². The standard InChI is InChI=1S/C14H20N4O2/c1-18-8-7-10(17-18)9-12(16-15)11-5-4-6-13(19-2)14(11)20-3/h4-8,12,16H,9,15H2,1-3H3. The molecule has 0 saturated heterocycles. The lowest BCUT2D eigenvalue weighted by Gasteiger charge is -2.19. The highest BCUT2D eigenvalue weighted by molar-refractivity contribution is 5.48. The van der Waals surface area contributed by atoms with Crippen molar-refractivity contribution < 1.29 is 9.47 Å². The molecule has 1 atom stereocenters. The quantitative estimate of drug-likeness (QED) is 0.612. The Labute approximate surface area is 118 Å². The van der Waals surface area contributed by atoms with Crippen molar-refractivity contribution in [3.05, 3.63) is 41.7 Å². The number of benzene rings is 1. The molecule has 1 aromatic carbocycles. The molecule has 0 spiro atoms. The first-order valence-corrected chi connectivity index (χ1v) is 6.35. The summed E-state index contributed by atoms with van der Waals surface area (Å²) >= 11 is 0. The first kappa shape index (κ1) is 14.4. The monoisotopic (exact) mass is 276 g/mol. The van der Waals surface area contributed by atoms with Gasteiger partial charge in [0.2, 0.25) is 0 Å². The van der Waals surface area contributed by atoms with Gasteiger partial charge in [0.15, 0.2) is 11.5 Å². The summed E-state index contributed by atoms with van der Waals surface area (Å²) in [6, 6.07) is 7.61. The lowest BCUT2D eigenvalue weighted by molar-refractivity contribution is 0.346. The lowest BCUT2D eigenvalue weighted by Crippen LogP contribution is -2.30. The van der Waals surface area contributed by atoms with Crippen molar-refractivity contribution in [2.45, 2.75) is 12.5 Å². The average Bonchev–Trinajstić information content (AvgIpc) is 2.89. The van der Waals surface area contributed by atoms with Crippen LogP contribution in [0.15, 0.2) is 30.5 Å². The maximum atomic E-state index is 5.69. The number of hydrogen-bond donors (Lipinski definition) is 2. The molecule has 0 bridgehead atoms. The topological polar surface area (TPSA) is 74.3 Å². The minimum atomic E-state index is -0.102. The second kappa shape index (κ2) is 6.40. The van der Waals surface area contributed by atoms with Crippen LogP contribution >= 0.6 is 0 Å². The molecule has 2 aromatic rings. The van der Waals surface area contributed by atoms with E-state index < -0.39 is 0 Å². The van der Waals surface area contributed by atoms with Crippen molar-refractivity contribution in [1.82, 2.24) is 15.2 Å². The smallest absolute Gasteiger partial charge is 0.165 e. The second-order valence-corrected chi connectivity index (χ2v) is 4.49. The van der Waals surface area contributed by atoms with Crippen molar-refractivity contribution in [2.24, 2.45) is 12.9 Å². The fourth-order valence-electron chi connectivity index (χ4n) is 2.23. The fourth-order valence-corrected chi connectivity index (χ4v) is 2.23. The molecule has 0 radical (unpaired) electrons. The Morgan fingerprint density at radius 2 is 2.10 bits per heavy atom. The summed E-state index contributed by atoms with van der Waals surface area (Å²) in [6.45, 7) is 0. The summed E-state index contributed by atoms with van der Waals surface area (Å²) in [4.78, 5) is 0. The maximum Gasteiger partial charge on any atom is 0.165 e. The molecule has 0 aliphatic rings.